The summed E-state index contributed by atoms with van der Waals surface area (Å²) >= 11 is 5.28. The molecule has 1 rings (SSSR count). The molecule has 0 radical (unpaired) electrons. The lowest BCUT2D eigenvalue weighted by Gasteiger charge is -2.29. The average Bonchev–Trinajstić information content (AvgIpc) is 2.28. The van der Waals surface area contributed by atoms with Crippen LogP contribution in [0.2, 0.25) is 0 Å². The third kappa shape index (κ3) is 4.49. The lowest BCUT2D eigenvalue weighted by Crippen LogP contribution is -2.43. The van der Waals surface area contributed by atoms with Gasteiger partial charge in [0.1, 0.15) is 5.82 Å². The van der Waals surface area contributed by atoms with E-state index < -0.39 is 0 Å². The van der Waals surface area contributed by atoms with Crippen LogP contribution in [0, 0.1) is 5.41 Å². The highest BCUT2D eigenvalue weighted by Crippen LogP contribution is 2.18. The molecule has 100 valence electrons. The Morgan fingerprint density at radius 3 is 2.44 bits per heavy atom. The van der Waals surface area contributed by atoms with Gasteiger partial charge in [0, 0.05) is 13.1 Å². The van der Waals surface area contributed by atoms with E-state index in [0.29, 0.717) is 11.2 Å². The first kappa shape index (κ1) is 14.7. The molecule has 1 atom stereocenters. The van der Waals surface area contributed by atoms with E-state index in [2.05, 4.69) is 48.6 Å². The molecule has 1 heterocycles. The van der Waals surface area contributed by atoms with Gasteiger partial charge in [0.25, 0.3) is 0 Å². The number of hydrogen-bond acceptors (Lipinski definition) is 3. The highest BCUT2D eigenvalue weighted by molar-refractivity contribution is 7.80. The van der Waals surface area contributed by atoms with Crippen molar-refractivity contribution in [3.05, 3.63) is 18.3 Å². The minimum atomic E-state index is 0.167. The van der Waals surface area contributed by atoms with Gasteiger partial charge >= 0.3 is 0 Å². The number of nitrogens with zero attached hydrogens (tertiary/aromatic N) is 1. The second-order valence-corrected chi connectivity index (χ2v) is 5.78. The summed E-state index contributed by atoms with van der Waals surface area (Å²) in [5.74, 6) is 0.836. The number of pyridine rings is 1. The Balaban J connectivity index is 2.54. The maximum atomic E-state index is 5.28. The van der Waals surface area contributed by atoms with Crippen LogP contribution in [-0.2, 0) is 0 Å². The lowest BCUT2D eigenvalue weighted by molar-refractivity contribution is 0.317. The van der Waals surface area contributed by atoms with Crippen LogP contribution in [-0.4, -0.2) is 23.2 Å². The Morgan fingerprint density at radius 1 is 1.33 bits per heavy atom. The summed E-state index contributed by atoms with van der Waals surface area (Å²) in [5, 5.41) is 9.99. The fraction of sp³-hybridized carbons (Fsp3) is 0.538. The van der Waals surface area contributed by atoms with Crippen LogP contribution in [0.5, 0.6) is 0 Å². The third-order valence-corrected chi connectivity index (χ3v) is 3.14. The molecule has 0 aromatic carbocycles. The molecule has 3 N–H and O–H groups in total. The molecule has 18 heavy (non-hydrogen) atoms. The van der Waals surface area contributed by atoms with Crippen LogP contribution in [0.4, 0.5) is 11.5 Å². The van der Waals surface area contributed by atoms with Gasteiger partial charge in [-0.25, -0.2) is 4.98 Å². The molecule has 0 aliphatic rings. The maximum Gasteiger partial charge on any atom is 0.171 e. The summed E-state index contributed by atoms with van der Waals surface area (Å²) in [6.07, 6.45) is 1.75. The first-order valence-electron chi connectivity index (χ1n) is 6.04. The quantitative estimate of drug-likeness (QED) is 0.735. The van der Waals surface area contributed by atoms with Crippen LogP contribution in [0.25, 0.3) is 0 Å². The zero-order valence-electron chi connectivity index (χ0n) is 11.7. The van der Waals surface area contributed by atoms with Gasteiger partial charge in [-0.3, -0.25) is 0 Å². The van der Waals surface area contributed by atoms with Crippen molar-refractivity contribution in [3.63, 3.8) is 0 Å². The SMILES string of the molecule is CNc1ccc(NC(=S)N[C@@H](C)C(C)(C)C)cn1. The van der Waals surface area contributed by atoms with Crippen LogP contribution >= 0.6 is 12.2 Å². The molecule has 0 unspecified atom stereocenters. The topological polar surface area (TPSA) is 49.0 Å². The van der Waals surface area contributed by atoms with E-state index in [9.17, 15) is 0 Å². The molecule has 0 saturated carbocycles. The van der Waals surface area contributed by atoms with E-state index in [1.54, 1.807) is 6.20 Å². The standard InChI is InChI=1S/C13H22N4S/c1-9(13(2,3)4)16-12(18)17-10-6-7-11(14-5)15-8-10/h6-9H,1-5H3,(H,14,15)(H2,16,17,18)/t9-/m0/s1. The summed E-state index contributed by atoms with van der Waals surface area (Å²) in [4.78, 5) is 4.22. The molecular formula is C13H22N4S. The molecular weight excluding hydrogens is 244 g/mol. The average molecular weight is 266 g/mol. The molecule has 5 heteroatoms. The van der Waals surface area contributed by atoms with Crippen molar-refractivity contribution in [2.24, 2.45) is 5.41 Å². The normalized spacial score (nSPS) is 12.7. The smallest absolute Gasteiger partial charge is 0.171 e. The summed E-state index contributed by atoms with van der Waals surface area (Å²) in [6, 6.07) is 4.13. The fourth-order valence-corrected chi connectivity index (χ4v) is 1.49. The highest BCUT2D eigenvalue weighted by atomic mass is 32.1. The Labute approximate surface area is 115 Å². The van der Waals surface area contributed by atoms with Crippen LogP contribution < -0.4 is 16.0 Å². The van der Waals surface area contributed by atoms with Crippen molar-refractivity contribution in [1.29, 1.82) is 0 Å². The number of nitrogens with one attached hydrogen (secondary N) is 3. The first-order chi connectivity index (χ1) is 8.32. The second kappa shape index (κ2) is 6.00. The van der Waals surface area contributed by atoms with Crippen LogP contribution in [0.1, 0.15) is 27.7 Å². The largest absolute Gasteiger partial charge is 0.373 e. The van der Waals surface area contributed by atoms with Gasteiger partial charge in [-0.2, -0.15) is 0 Å². The van der Waals surface area contributed by atoms with Gasteiger partial charge in [0.05, 0.1) is 11.9 Å². The van der Waals surface area contributed by atoms with Crippen molar-refractivity contribution in [2.45, 2.75) is 33.7 Å². The molecule has 1 aromatic rings. The molecule has 0 saturated heterocycles. The van der Waals surface area contributed by atoms with Crippen molar-refractivity contribution >= 4 is 28.8 Å². The Kier molecular flexibility index (Phi) is 4.90. The van der Waals surface area contributed by atoms with E-state index >= 15 is 0 Å². The predicted octanol–water partition coefficient (Wildman–Crippen LogP) is 2.84. The minimum Gasteiger partial charge on any atom is -0.373 e. The molecule has 0 bridgehead atoms. The number of anilines is 2. The predicted molar refractivity (Wildman–Crippen MR) is 82.1 cm³/mol. The zero-order valence-corrected chi connectivity index (χ0v) is 12.5. The lowest BCUT2D eigenvalue weighted by atomic mass is 9.88. The van der Waals surface area contributed by atoms with E-state index in [1.807, 2.05) is 19.2 Å². The molecule has 0 spiro atoms. The summed E-state index contributed by atoms with van der Waals surface area (Å²) in [5.41, 5.74) is 1.05. The number of rotatable bonds is 3. The number of hydrogen-bond donors (Lipinski definition) is 3. The number of thiocarbonyl (C=S) groups is 1. The zero-order chi connectivity index (χ0) is 13.8. The molecule has 1 aromatic heterocycles. The van der Waals surface area contributed by atoms with Crippen molar-refractivity contribution in [1.82, 2.24) is 10.3 Å². The summed E-state index contributed by atoms with van der Waals surface area (Å²) in [7, 11) is 1.84. The molecule has 4 nitrogen and oxygen atoms in total. The Morgan fingerprint density at radius 2 is 2.00 bits per heavy atom. The fourth-order valence-electron chi connectivity index (χ4n) is 1.20. The first-order valence-corrected chi connectivity index (χ1v) is 6.45. The molecule has 0 amide bonds. The molecule has 0 fully saturated rings. The van der Waals surface area contributed by atoms with E-state index in [1.165, 1.54) is 0 Å². The Bertz CT molecular complexity index is 394. The molecule has 0 aliphatic carbocycles. The van der Waals surface area contributed by atoms with Gasteiger partial charge in [0.15, 0.2) is 5.11 Å². The van der Waals surface area contributed by atoms with Gasteiger partial charge in [-0.15, -0.1) is 0 Å². The van der Waals surface area contributed by atoms with E-state index in [0.717, 1.165) is 11.5 Å². The minimum absolute atomic E-state index is 0.167. The number of aromatic nitrogens is 1. The van der Waals surface area contributed by atoms with Crippen molar-refractivity contribution < 1.29 is 0 Å². The van der Waals surface area contributed by atoms with Gasteiger partial charge in [0.2, 0.25) is 0 Å². The van der Waals surface area contributed by atoms with E-state index in [4.69, 9.17) is 12.2 Å². The Hall–Kier alpha value is -1.36. The highest BCUT2D eigenvalue weighted by Gasteiger charge is 2.20. The second-order valence-electron chi connectivity index (χ2n) is 5.37. The summed E-state index contributed by atoms with van der Waals surface area (Å²) < 4.78 is 0. The molecule has 0 aliphatic heterocycles. The van der Waals surface area contributed by atoms with Gasteiger partial charge in [-0.05, 0) is 36.7 Å². The van der Waals surface area contributed by atoms with Gasteiger partial charge in [-0.1, -0.05) is 20.8 Å². The monoisotopic (exact) mass is 266 g/mol. The third-order valence-electron chi connectivity index (χ3n) is 2.92. The van der Waals surface area contributed by atoms with Crippen LogP contribution in [0.3, 0.4) is 0 Å². The van der Waals surface area contributed by atoms with Crippen molar-refractivity contribution in [2.75, 3.05) is 17.7 Å². The van der Waals surface area contributed by atoms with Gasteiger partial charge < -0.3 is 16.0 Å². The van der Waals surface area contributed by atoms with E-state index in [-0.39, 0.29) is 5.41 Å². The summed E-state index contributed by atoms with van der Waals surface area (Å²) in [6.45, 7) is 8.65. The maximum absolute atomic E-state index is 5.28. The van der Waals surface area contributed by atoms with Crippen molar-refractivity contribution in [3.8, 4) is 0 Å². The van der Waals surface area contributed by atoms with Crippen LogP contribution in [0.15, 0.2) is 18.3 Å².